The van der Waals surface area contributed by atoms with Gasteiger partial charge in [0, 0.05) is 16.3 Å². The van der Waals surface area contributed by atoms with Gasteiger partial charge < -0.3 is 0 Å². The summed E-state index contributed by atoms with van der Waals surface area (Å²) in [5.41, 5.74) is 1.02. The Kier molecular flexibility index (Phi) is 4.20. The number of carbonyl (C=O) groups is 3. The molecule has 29 heavy (non-hydrogen) atoms. The van der Waals surface area contributed by atoms with Gasteiger partial charge in [-0.1, -0.05) is 52.3 Å². The summed E-state index contributed by atoms with van der Waals surface area (Å²) < 4.78 is 0.859. The predicted octanol–water partition coefficient (Wildman–Crippen LogP) is 3.05. The van der Waals surface area contributed by atoms with Gasteiger partial charge in [-0.2, -0.15) is 5.10 Å². The second-order valence-electron chi connectivity index (χ2n) is 7.24. The first-order chi connectivity index (χ1) is 14.1. The van der Waals surface area contributed by atoms with Crippen LogP contribution in [0, 0.1) is 11.8 Å². The maximum atomic E-state index is 13.4. The maximum Gasteiger partial charge on any atom is 0.240 e. The Morgan fingerprint density at radius 1 is 0.931 bits per heavy atom. The quantitative estimate of drug-likeness (QED) is 0.533. The summed E-state index contributed by atoms with van der Waals surface area (Å²) in [4.78, 5) is 41.3. The number of imide groups is 1. The SMILES string of the molecule is O=C(c1ccc(Br)cc1)[C@@H]1[C@@H]2C(=O)N(c3ccccc3)C(=O)[C@@H]2[C@@H]2C=CC=NN12. The van der Waals surface area contributed by atoms with Crippen LogP contribution >= 0.6 is 15.9 Å². The predicted molar refractivity (Wildman–Crippen MR) is 111 cm³/mol. The molecule has 4 atom stereocenters. The minimum atomic E-state index is -0.822. The molecule has 0 aliphatic carbocycles. The topological polar surface area (TPSA) is 70.0 Å². The van der Waals surface area contributed by atoms with E-state index >= 15 is 0 Å². The van der Waals surface area contributed by atoms with Gasteiger partial charge in [0.2, 0.25) is 11.8 Å². The Hall–Kier alpha value is -3.06. The molecule has 6 nitrogen and oxygen atoms in total. The van der Waals surface area contributed by atoms with Crippen molar-refractivity contribution in [2.24, 2.45) is 16.9 Å². The summed E-state index contributed by atoms with van der Waals surface area (Å²) in [7, 11) is 0. The highest BCUT2D eigenvalue weighted by molar-refractivity contribution is 9.10. The van der Waals surface area contributed by atoms with Crippen LogP contribution in [0.1, 0.15) is 10.4 Å². The molecular weight excluding hydrogens is 434 g/mol. The fourth-order valence-electron chi connectivity index (χ4n) is 4.45. The standard InChI is InChI=1S/C22H16BrN3O3/c23-14-10-8-13(9-11-14)20(27)19-18-17(16-7-4-12-24-26(16)19)21(28)25(22(18)29)15-5-2-1-3-6-15/h1-12,16-19H/t16-,17+,18+,19-/m0/s1. The Morgan fingerprint density at radius 3 is 2.34 bits per heavy atom. The van der Waals surface area contributed by atoms with Crippen LogP contribution < -0.4 is 4.90 Å². The van der Waals surface area contributed by atoms with E-state index in [1.165, 1.54) is 4.90 Å². The molecule has 2 saturated heterocycles. The summed E-state index contributed by atoms with van der Waals surface area (Å²) in [5, 5.41) is 5.98. The number of fused-ring (bicyclic) bond motifs is 3. The number of para-hydroxylation sites is 1. The van der Waals surface area contributed by atoms with E-state index < -0.39 is 23.9 Å². The third-order valence-electron chi connectivity index (χ3n) is 5.70. The number of carbonyl (C=O) groups excluding carboxylic acids is 3. The van der Waals surface area contributed by atoms with Crippen molar-refractivity contribution in [3.8, 4) is 0 Å². The van der Waals surface area contributed by atoms with E-state index in [1.807, 2.05) is 12.1 Å². The molecule has 0 radical (unpaired) electrons. The number of hydrogen-bond donors (Lipinski definition) is 0. The average Bonchev–Trinajstić information content (AvgIpc) is 3.22. The van der Waals surface area contributed by atoms with Gasteiger partial charge in [0.25, 0.3) is 0 Å². The van der Waals surface area contributed by atoms with Crippen molar-refractivity contribution >= 4 is 45.4 Å². The van der Waals surface area contributed by atoms with Crippen molar-refractivity contribution in [2.75, 3.05) is 4.90 Å². The smallest absolute Gasteiger partial charge is 0.240 e. The lowest BCUT2D eigenvalue weighted by atomic mass is 9.86. The molecule has 7 heteroatoms. The first-order valence-electron chi connectivity index (χ1n) is 9.29. The number of benzene rings is 2. The summed E-state index contributed by atoms with van der Waals surface area (Å²) in [6.07, 6.45) is 5.19. The summed E-state index contributed by atoms with van der Waals surface area (Å²) >= 11 is 3.37. The fourth-order valence-corrected chi connectivity index (χ4v) is 4.72. The minimum absolute atomic E-state index is 0.210. The molecule has 2 aromatic carbocycles. The largest absolute Gasteiger partial charge is 0.292 e. The number of hydrogen-bond acceptors (Lipinski definition) is 5. The molecule has 0 unspecified atom stereocenters. The number of halogens is 1. The molecule has 0 N–H and O–H groups in total. The van der Waals surface area contributed by atoms with E-state index in [4.69, 9.17) is 0 Å². The number of rotatable bonds is 3. The Labute approximate surface area is 175 Å². The van der Waals surface area contributed by atoms with Crippen molar-refractivity contribution < 1.29 is 14.4 Å². The third kappa shape index (κ3) is 2.68. The van der Waals surface area contributed by atoms with E-state index in [0.29, 0.717) is 11.3 Å². The van der Waals surface area contributed by atoms with E-state index in [2.05, 4.69) is 21.0 Å². The zero-order valence-electron chi connectivity index (χ0n) is 15.2. The van der Waals surface area contributed by atoms with Gasteiger partial charge in [0.15, 0.2) is 5.78 Å². The molecule has 3 heterocycles. The molecule has 3 aliphatic rings. The number of anilines is 1. The lowest BCUT2D eigenvalue weighted by Gasteiger charge is -2.30. The van der Waals surface area contributed by atoms with Crippen molar-refractivity contribution in [3.63, 3.8) is 0 Å². The van der Waals surface area contributed by atoms with Crippen LogP contribution in [-0.2, 0) is 9.59 Å². The van der Waals surface area contributed by atoms with Crippen LogP contribution in [0.3, 0.4) is 0 Å². The van der Waals surface area contributed by atoms with Gasteiger partial charge in [-0.25, -0.2) is 4.90 Å². The molecular formula is C22H16BrN3O3. The van der Waals surface area contributed by atoms with Gasteiger partial charge in [0.05, 0.1) is 23.6 Å². The number of hydrazone groups is 1. The zero-order chi connectivity index (χ0) is 20.1. The average molecular weight is 450 g/mol. The molecule has 144 valence electrons. The van der Waals surface area contributed by atoms with E-state index in [0.717, 1.165) is 4.47 Å². The molecule has 2 fully saturated rings. The van der Waals surface area contributed by atoms with Crippen LogP contribution in [0.2, 0.25) is 0 Å². The van der Waals surface area contributed by atoms with Gasteiger partial charge in [-0.05, 0) is 30.3 Å². The number of ketones is 1. The molecule has 0 aromatic heterocycles. The van der Waals surface area contributed by atoms with Gasteiger partial charge in [-0.15, -0.1) is 0 Å². The zero-order valence-corrected chi connectivity index (χ0v) is 16.8. The second kappa shape index (κ2) is 6.77. The molecule has 0 saturated carbocycles. The molecule has 0 spiro atoms. The molecule has 0 bridgehead atoms. The van der Waals surface area contributed by atoms with Crippen molar-refractivity contribution in [2.45, 2.75) is 12.1 Å². The van der Waals surface area contributed by atoms with Crippen molar-refractivity contribution in [3.05, 3.63) is 76.8 Å². The lowest BCUT2D eigenvalue weighted by Crippen LogP contribution is -2.46. The van der Waals surface area contributed by atoms with Gasteiger partial charge in [-0.3, -0.25) is 19.4 Å². The van der Waals surface area contributed by atoms with Crippen molar-refractivity contribution in [1.82, 2.24) is 5.01 Å². The minimum Gasteiger partial charge on any atom is -0.292 e. The van der Waals surface area contributed by atoms with E-state index in [1.54, 1.807) is 65.8 Å². The van der Waals surface area contributed by atoms with E-state index in [9.17, 15) is 14.4 Å². The van der Waals surface area contributed by atoms with Gasteiger partial charge >= 0.3 is 0 Å². The Morgan fingerprint density at radius 2 is 1.62 bits per heavy atom. The van der Waals surface area contributed by atoms with Crippen molar-refractivity contribution in [1.29, 1.82) is 0 Å². The van der Waals surface area contributed by atoms with E-state index in [-0.39, 0.29) is 17.6 Å². The van der Waals surface area contributed by atoms with Crippen LogP contribution in [0.25, 0.3) is 0 Å². The first kappa shape index (κ1) is 18.0. The second-order valence-corrected chi connectivity index (χ2v) is 8.15. The fraction of sp³-hybridized carbons (Fsp3) is 0.182. The normalized spacial score (nSPS) is 27.3. The van der Waals surface area contributed by atoms with Crippen LogP contribution in [0.15, 0.2) is 76.3 Å². The molecule has 5 rings (SSSR count). The summed E-state index contributed by atoms with van der Waals surface area (Å²) in [6.45, 7) is 0. The highest BCUT2D eigenvalue weighted by Gasteiger charge is 2.64. The number of amides is 2. The lowest BCUT2D eigenvalue weighted by molar-refractivity contribution is -0.123. The van der Waals surface area contributed by atoms with Crippen LogP contribution in [0.5, 0.6) is 0 Å². The van der Waals surface area contributed by atoms with Crippen LogP contribution in [-0.4, -0.2) is 40.9 Å². The first-order valence-corrected chi connectivity index (χ1v) is 10.1. The molecule has 2 aromatic rings. The highest BCUT2D eigenvalue weighted by atomic mass is 79.9. The van der Waals surface area contributed by atoms with Crippen LogP contribution in [0.4, 0.5) is 5.69 Å². The monoisotopic (exact) mass is 449 g/mol. The maximum absolute atomic E-state index is 13.4. The molecule has 3 aliphatic heterocycles. The highest BCUT2D eigenvalue weighted by Crippen LogP contribution is 2.46. The Balaban J connectivity index is 1.58. The molecule has 2 amide bonds. The number of nitrogens with zero attached hydrogens (tertiary/aromatic N) is 3. The van der Waals surface area contributed by atoms with Gasteiger partial charge in [0.1, 0.15) is 6.04 Å². The number of allylic oxidation sites excluding steroid dienone is 1. The Bertz CT molecular complexity index is 1060. The number of Topliss-reactive ketones (excluding diaryl/α,β-unsaturated/α-hetero) is 1. The summed E-state index contributed by atoms with van der Waals surface area (Å²) in [5.74, 6) is -2.25. The summed E-state index contributed by atoms with van der Waals surface area (Å²) in [6, 6.07) is 14.6. The third-order valence-corrected chi connectivity index (χ3v) is 6.23.